The summed E-state index contributed by atoms with van der Waals surface area (Å²) >= 11 is 0. The van der Waals surface area contributed by atoms with Gasteiger partial charge in [0.2, 0.25) is 0 Å². The molecule has 2 aromatic rings. The number of amides is 1. The summed E-state index contributed by atoms with van der Waals surface area (Å²) in [5.74, 6) is 0.0210. The van der Waals surface area contributed by atoms with Gasteiger partial charge in [0.05, 0.1) is 0 Å². The van der Waals surface area contributed by atoms with Crippen molar-refractivity contribution in [2.75, 3.05) is 31.9 Å². The van der Waals surface area contributed by atoms with Crippen molar-refractivity contribution in [2.24, 2.45) is 0 Å². The molecule has 1 fully saturated rings. The lowest BCUT2D eigenvalue weighted by molar-refractivity contribution is 0.0623. The quantitative estimate of drug-likeness (QED) is 0.880. The maximum Gasteiger partial charge on any atom is 0.270 e. The van der Waals surface area contributed by atoms with E-state index in [0.717, 1.165) is 32.7 Å². The van der Waals surface area contributed by atoms with Crippen LogP contribution in [0.5, 0.6) is 0 Å². The zero-order valence-corrected chi connectivity index (χ0v) is 11.8. The van der Waals surface area contributed by atoms with Crippen molar-refractivity contribution in [3.8, 4) is 0 Å². The summed E-state index contributed by atoms with van der Waals surface area (Å²) in [5, 5.41) is 0. The van der Waals surface area contributed by atoms with Crippen molar-refractivity contribution >= 4 is 11.6 Å². The fourth-order valence-corrected chi connectivity index (χ4v) is 2.56. The second-order valence-corrected chi connectivity index (χ2v) is 5.28. The van der Waals surface area contributed by atoms with Gasteiger partial charge < -0.3 is 15.6 Å². The van der Waals surface area contributed by atoms with Crippen LogP contribution in [0.2, 0.25) is 0 Å². The topological polar surface area (TPSA) is 78.2 Å². The third kappa shape index (κ3) is 3.22. The summed E-state index contributed by atoms with van der Waals surface area (Å²) in [5.41, 5.74) is 8.00. The number of aromatic amines is 1. The molecule has 0 saturated carbocycles. The van der Waals surface area contributed by atoms with Gasteiger partial charge in [0, 0.05) is 57.0 Å². The molecule has 0 bridgehead atoms. The Morgan fingerprint density at radius 2 is 2.14 bits per heavy atom. The number of carbonyl (C=O) groups excluding carboxylic acids is 1. The first-order valence-electron chi connectivity index (χ1n) is 7.07. The Bertz CT molecular complexity index is 602. The number of carbonyl (C=O) groups is 1. The normalized spacial score (nSPS) is 16.1. The highest BCUT2D eigenvalue weighted by Gasteiger charge is 2.22. The van der Waals surface area contributed by atoms with Gasteiger partial charge in [0.1, 0.15) is 5.69 Å². The highest BCUT2D eigenvalue weighted by atomic mass is 16.2. The molecule has 3 rings (SSSR count). The molecule has 0 atom stereocenters. The predicted octanol–water partition coefficient (Wildman–Crippen LogP) is 0.950. The number of H-pyrrole nitrogens is 1. The zero-order chi connectivity index (χ0) is 14.7. The maximum absolute atomic E-state index is 12.3. The van der Waals surface area contributed by atoms with Gasteiger partial charge in [-0.05, 0) is 17.7 Å². The van der Waals surface area contributed by atoms with E-state index in [-0.39, 0.29) is 5.91 Å². The fourth-order valence-electron chi connectivity index (χ4n) is 2.56. The fraction of sp³-hybridized carbons (Fsp3) is 0.333. The lowest BCUT2D eigenvalue weighted by Gasteiger charge is -2.34. The molecule has 6 nitrogen and oxygen atoms in total. The maximum atomic E-state index is 12.3. The van der Waals surface area contributed by atoms with E-state index in [1.165, 1.54) is 5.56 Å². The largest absolute Gasteiger partial charge is 0.397 e. The van der Waals surface area contributed by atoms with E-state index in [2.05, 4.69) is 20.9 Å². The molecular formula is C15H19N5O. The molecule has 0 spiro atoms. The molecule has 2 aromatic heterocycles. The van der Waals surface area contributed by atoms with Crippen molar-refractivity contribution in [3.05, 3.63) is 48.0 Å². The Hall–Kier alpha value is -2.34. The Morgan fingerprint density at radius 1 is 1.33 bits per heavy atom. The summed E-state index contributed by atoms with van der Waals surface area (Å²) < 4.78 is 0. The van der Waals surface area contributed by atoms with Gasteiger partial charge in [-0.15, -0.1) is 0 Å². The number of nitrogens with one attached hydrogen (secondary N) is 1. The molecule has 0 radical (unpaired) electrons. The van der Waals surface area contributed by atoms with E-state index in [1.54, 1.807) is 18.5 Å². The van der Waals surface area contributed by atoms with Crippen LogP contribution in [-0.2, 0) is 6.54 Å². The van der Waals surface area contributed by atoms with Gasteiger partial charge in [-0.1, -0.05) is 6.07 Å². The number of nitrogens with two attached hydrogens (primary N) is 1. The van der Waals surface area contributed by atoms with E-state index in [1.807, 2.05) is 17.2 Å². The van der Waals surface area contributed by atoms with Crippen molar-refractivity contribution in [3.63, 3.8) is 0 Å². The average Bonchev–Trinajstić information content (AvgIpc) is 2.95. The first-order chi connectivity index (χ1) is 10.2. The molecule has 110 valence electrons. The molecule has 0 unspecified atom stereocenters. The van der Waals surface area contributed by atoms with Crippen LogP contribution in [0.25, 0.3) is 0 Å². The number of rotatable bonds is 3. The van der Waals surface area contributed by atoms with Crippen LogP contribution in [0.1, 0.15) is 16.1 Å². The van der Waals surface area contributed by atoms with Gasteiger partial charge in [0.15, 0.2) is 0 Å². The lowest BCUT2D eigenvalue weighted by atomic mass is 10.2. The smallest absolute Gasteiger partial charge is 0.270 e. The van der Waals surface area contributed by atoms with E-state index >= 15 is 0 Å². The molecule has 1 amide bonds. The van der Waals surface area contributed by atoms with E-state index in [0.29, 0.717) is 11.4 Å². The van der Waals surface area contributed by atoms with Gasteiger partial charge in [-0.25, -0.2) is 0 Å². The standard InChI is InChI=1S/C15H19N5O/c16-13-8-14(18-10-13)15(21)20-6-4-19(5-7-20)11-12-2-1-3-17-9-12/h1-3,8-10,18H,4-7,11,16H2. The predicted molar refractivity (Wildman–Crippen MR) is 80.6 cm³/mol. The number of anilines is 1. The summed E-state index contributed by atoms with van der Waals surface area (Å²) in [6, 6.07) is 5.71. The summed E-state index contributed by atoms with van der Waals surface area (Å²) in [6.07, 6.45) is 5.31. The summed E-state index contributed by atoms with van der Waals surface area (Å²) in [6.45, 7) is 4.09. The van der Waals surface area contributed by atoms with Crippen molar-refractivity contribution < 1.29 is 4.79 Å². The summed E-state index contributed by atoms with van der Waals surface area (Å²) in [7, 11) is 0. The van der Waals surface area contributed by atoms with Gasteiger partial charge in [-0.3, -0.25) is 14.7 Å². The molecular weight excluding hydrogens is 266 g/mol. The first kappa shape index (κ1) is 13.6. The average molecular weight is 285 g/mol. The lowest BCUT2D eigenvalue weighted by Crippen LogP contribution is -2.48. The Balaban J connectivity index is 1.54. The molecule has 6 heteroatoms. The van der Waals surface area contributed by atoms with Gasteiger partial charge in [0.25, 0.3) is 5.91 Å². The van der Waals surface area contributed by atoms with Crippen LogP contribution in [0.15, 0.2) is 36.8 Å². The second-order valence-electron chi connectivity index (χ2n) is 5.28. The Kier molecular flexibility index (Phi) is 3.87. The highest BCUT2D eigenvalue weighted by Crippen LogP contribution is 2.12. The Morgan fingerprint density at radius 3 is 2.76 bits per heavy atom. The number of hydrogen-bond donors (Lipinski definition) is 2. The van der Waals surface area contributed by atoms with Crippen LogP contribution in [-0.4, -0.2) is 51.9 Å². The molecule has 21 heavy (non-hydrogen) atoms. The molecule has 3 heterocycles. The number of aromatic nitrogens is 2. The van der Waals surface area contributed by atoms with Crippen LogP contribution >= 0.6 is 0 Å². The number of nitrogen functional groups attached to an aromatic ring is 1. The summed E-state index contributed by atoms with van der Waals surface area (Å²) in [4.78, 5) is 23.5. The SMILES string of the molecule is Nc1c[nH]c(C(=O)N2CCN(Cc3cccnc3)CC2)c1. The first-order valence-corrected chi connectivity index (χ1v) is 7.07. The van der Waals surface area contributed by atoms with Crippen LogP contribution in [0.3, 0.4) is 0 Å². The minimum Gasteiger partial charge on any atom is -0.397 e. The molecule has 0 aliphatic carbocycles. The minimum atomic E-state index is 0.0210. The number of hydrogen-bond acceptors (Lipinski definition) is 4. The van der Waals surface area contributed by atoms with Crippen LogP contribution < -0.4 is 5.73 Å². The van der Waals surface area contributed by atoms with Crippen LogP contribution in [0.4, 0.5) is 5.69 Å². The van der Waals surface area contributed by atoms with Crippen molar-refractivity contribution in [2.45, 2.75) is 6.54 Å². The monoisotopic (exact) mass is 285 g/mol. The molecule has 1 aliphatic rings. The van der Waals surface area contributed by atoms with Gasteiger partial charge >= 0.3 is 0 Å². The third-order valence-corrected chi connectivity index (χ3v) is 3.72. The van der Waals surface area contributed by atoms with Gasteiger partial charge in [-0.2, -0.15) is 0 Å². The molecule has 1 saturated heterocycles. The van der Waals surface area contributed by atoms with Crippen LogP contribution in [0, 0.1) is 0 Å². The number of nitrogens with zero attached hydrogens (tertiary/aromatic N) is 3. The third-order valence-electron chi connectivity index (χ3n) is 3.72. The van der Waals surface area contributed by atoms with Crippen molar-refractivity contribution in [1.82, 2.24) is 19.8 Å². The van der Waals surface area contributed by atoms with Crippen molar-refractivity contribution in [1.29, 1.82) is 0 Å². The van der Waals surface area contributed by atoms with E-state index in [9.17, 15) is 4.79 Å². The number of piperazine rings is 1. The highest BCUT2D eigenvalue weighted by molar-refractivity contribution is 5.93. The zero-order valence-electron chi connectivity index (χ0n) is 11.8. The molecule has 0 aromatic carbocycles. The molecule has 3 N–H and O–H groups in total. The minimum absolute atomic E-state index is 0.0210. The second kappa shape index (κ2) is 5.97. The van der Waals surface area contributed by atoms with E-state index < -0.39 is 0 Å². The Labute approximate surface area is 123 Å². The van der Waals surface area contributed by atoms with E-state index in [4.69, 9.17) is 5.73 Å². The molecule has 1 aliphatic heterocycles. The number of pyridine rings is 1.